The Kier molecular flexibility index (Phi) is 4.66. The molecule has 1 saturated heterocycles. The summed E-state index contributed by atoms with van der Waals surface area (Å²) in [4.78, 5) is 27.7. The van der Waals surface area contributed by atoms with Crippen LogP contribution in [0.3, 0.4) is 0 Å². The van der Waals surface area contributed by atoms with Gasteiger partial charge in [0.1, 0.15) is 5.41 Å². The summed E-state index contributed by atoms with van der Waals surface area (Å²) >= 11 is 0. The second kappa shape index (κ2) is 6.58. The smallest absolute Gasteiger partial charge is 0.240 e. The van der Waals surface area contributed by atoms with Crippen molar-refractivity contribution in [2.45, 2.75) is 52.4 Å². The van der Waals surface area contributed by atoms with Crippen molar-refractivity contribution in [2.24, 2.45) is 11.3 Å². The molecule has 1 atom stereocenters. The van der Waals surface area contributed by atoms with Crippen LogP contribution < -0.4 is 5.32 Å². The maximum atomic E-state index is 12.9. The first-order chi connectivity index (χ1) is 11.4. The van der Waals surface area contributed by atoms with Crippen LogP contribution in [-0.2, 0) is 9.59 Å². The van der Waals surface area contributed by atoms with Gasteiger partial charge in [-0.3, -0.25) is 9.59 Å². The quantitative estimate of drug-likeness (QED) is 0.855. The highest BCUT2D eigenvalue weighted by Gasteiger charge is 2.58. The molecule has 1 aliphatic heterocycles. The number of hydrogen-bond acceptors (Lipinski definition) is 2. The highest BCUT2D eigenvalue weighted by Crippen LogP contribution is 2.49. The fourth-order valence-corrected chi connectivity index (χ4v) is 3.70. The molecule has 24 heavy (non-hydrogen) atoms. The average Bonchev–Trinajstić information content (AvgIpc) is 3.36. The van der Waals surface area contributed by atoms with Crippen LogP contribution in [0.1, 0.15) is 57.9 Å². The van der Waals surface area contributed by atoms with E-state index in [1.54, 1.807) is 0 Å². The summed E-state index contributed by atoms with van der Waals surface area (Å²) in [5, 5.41) is 3.04. The Morgan fingerprint density at radius 3 is 2.58 bits per heavy atom. The Balaban J connectivity index is 1.74. The number of anilines is 1. The minimum absolute atomic E-state index is 0.0357. The van der Waals surface area contributed by atoms with E-state index in [2.05, 4.69) is 26.1 Å². The van der Waals surface area contributed by atoms with Crippen LogP contribution in [0.15, 0.2) is 24.3 Å². The molecule has 0 bridgehead atoms. The number of carbonyl (C=O) groups is 2. The van der Waals surface area contributed by atoms with Gasteiger partial charge in [0.15, 0.2) is 0 Å². The maximum absolute atomic E-state index is 12.9. The number of nitrogens with one attached hydrogen (secondary N) is 1. The molecule has 2 fully saturated rings. The molecule has 2 amide bonds. The second-order valence-electron chi connectivity index (χ2n) is 7.78. The van der Waals surface area contributed by atoms with Crippen molar-refractivity contribution in [1.82, 2.24) is 4.90 Å². The van der Waals surface area contributed by atoms with E-state index in [-0.39, 0.29) is 11.8 Å². The SMILES string of the molecule is CC1CCCN(C(=O)C2(C(=O)Nc3ccccc3C(C)C)CC2)C1. The third kappa shape index (κ3) is 3.19. The predicted molar refractivity (Wildman–Crippen MR) is 95.8 cm³/mol. The minimum Gasteiger partial charge on any atom is -0.342 e. The fourth-order valence-electron chi connectivity index (χ4n) is 3.70. The topological polar surface area (TPSA) is 49.4 Å². The number of carbonyl (C=O) groups excluding carboxylic acids is 2. The van der Waals surface area contributed by atoms with E-state index in [4.69, 9.17) is 0 Å². The van der Waals surface area contributed by atoms with E-state index >= 15 is 0 Å². The summed E-state index contributed by atoms with van der Waals surface area (Å²) in [5.74, 6) is 0.769. The zero-order valence-electron chi connectivity index (χ0n) is 15.0. The van der Waals surface area contributed by atoms with Crippen LogP contribution in [-0.4, -0.2) is 29.8 Å². The zero-order valence-corrected chi connectivity index (χ0v) is 15.0. The van der Waals surface area contributed by atoms with Crippen molar-refractivity contribution in [3.8, 4) is 0 Å². The second-order valence-corrected chi connectivity index (χ2v) is 7.78. The van der Waals surface area contributed by atoms with E-state index in [1.165, 1.54) is 6.42 Å². The summed E-state index contributed by atoms with van der Waals surface area (Å²) in [5.41, 5.74) is 1.13. The molecule has 0 radical (unpaired) electrons. The Morgan fingerprint density at radius 1 is 1.25 bits per heavy atom. The number of benzene rings is 1. The molecule has 3 rings (SSSR count). The molecule has 1 heterocycles. The molecule has 1 aromatic carbocycles. The molecule has 1 saturated carbocycles. The molecule has 2 aliphatic rings. The van der Waals surface area contributed by atoms with Gasteiger partial charge in [0.25, 0.3) is 0 Å². The van der Waals surface area contributed by atoms with Crippen LogP contribution in [0.2, 0.25) is 0 Å². The van der Waals surface area contributed by atoms with Crippen LogP contribution in [0.25, 0.3) is 0 Å². The van der Waals surface area contributed by atoms with Gasteiger partial charge in [0.05, 0.1) is 0 Å². The van der Waals surface area contributed by atoms with Crippen molar-refractivity contribution in [1.29, 1.82) is 0 Å². The molecule has 0 spiro atoms. The first kappa shape index (κ1) is 17.0. The van der Waals surface area contributed by atoms with Crippen molar-refractivity contribution < 1.29 is 9.59 Å². The van der Waals surface area contributed by atoms with E-state index < -0.39 is 5.41 Å². The lowest BCUT2D eigenvalue weighted by Gasteiger charge is -2.33. The number of hydrogen-bond donors (Lipinski definition) is 1. The minimum atomic E-state index is -0.818. The maximum Gasteiger partial charge on any atom is 0.240 e. The molecule has 0 aromatic heterocycles. The standard InChI is InChI=1S/C20H28N2O2/c1-14(2)16-8-4-5-9-17(16)21-18(23)20(10-11-20)19(24)22-12-6-7-15(3)13-22/h4-5,8-9,14-15H,6-7,10-13H2,1-3H3,(H,21,23). The molecule has 1 aliphatic carbocycles. The van der Waals surface area contributed by atoms with Gasteiger partial charge in [-0.15, -0.1) is 0 Å². The zero-order chi connectivity index (χ0) is 17.3. The molecule has 1 aromatic rings. The Labute approximate surface area is 144 Å². The summed E-state index contributed by atoms with van der Waals surface area (Å²) < 4.78 is 0. The van der Waals surface area contributed by atoms with Crippen molar-refractivity contribution in [3.63, 3.8) is 0 Å². The number of nitrogens with zero attached hydrogens (tertiary/aromatic N) is 1. The summed E-state index contributed by atoms with van der Waals surface area (Å²) in [7, 11) is 0. The molecule has 4 nitrogen and oxygen atoms in total. The highest BCUT2D eigenvalue weighted by atomic mass is 16.2. The Bertz CT molecular complexity index is 634. The third-order valence-corrected chi connectivity index (χ3v) is 5.37. The molecule has 1 unspecified atom stereocenters. The van der Waals surface area contributed by atoms with Gasteiger partial charge >= 0.3 is 0 Å². The largest absolute Gasteiger partial charge is 0.342 e. The monoisotopic (exact) mass is 328 g/mol. The fraction of sp³-hybridized carbons (Fsp3) is 0.600. The number of piperidine rings is 1. The van der Waals surface area contributed by atoms with Gasteiger partial charge in [0.2, 0.25) is 11.8 Å². The third-order valence-electron chi connectivity index (χ3n) is 5.37. The Morgan fingerprint density at radius 2 is 1.96 bits per heavy atom. The van der Waals surface area contributed by atoms with Crippen molar-refractivity contribution in [2.75, 3.05) is 18.4 Å². The van der Waals surface area contributed by atoms with E-state index in [0.717, 1.165) is 30.8 Å². The normalized spacial score (nSPS) is 22.3. The molecule has 130 valence electrons. The van der Waals surface area contributed by atoms with Gasteiger partial charge in [-0.2, -0.15) is 0 Å². The van der Waals surface area contributed by atoms with Crippen molar-refractivity contribution in [3.05, 3.63) is 29.8 Å². The predicted octanol–water partition coefficient (Wildman–Crippen LogP) is 3.79. The van der Waals surface area contributed by atoms with Crippen LogP contribution in [0.5, 0.6) is 0 Å². The summed E-state index contributed by atoms with van der Waals surface area (Å²) in [6, 6.07) is 7.87. The molecular formula is C20H28N2O2. The number of likely N-dealkylation sites (tertiary alicyclic amines) is 1. The lowest BCUT2D eigenvalue weighted by molar-refractivity contribution is -0.143. The first-order valence-corrected chi connectivity index (χ1v) is 9.14. The average molecular weight is 328 g/mol. The van der Waals surface area contributed by atoms with Gasteiger partial charge in [0, 0.05) is 18.8 Å². The molecular weight excluding hydrogens is 300 g/mol. The number of amides is 2. The first-order valence-electron chi connectivity index (χ1n) is 9.14. The van der Waals surface area contributed by atoms with Crippen molar-refractivity contribution >= 4 is 17.5 Å². The molecule has 4 heteroatoms. The number of rotatable bonds is 4. The van der Waals surface area contributed by atoms with Crippen LogP contribution >= 0.6 is 0 Å². The van der Waals surface area contributed by atoms with Gasteiger partial charge < -0.3 is 10.2 Å². The van der Waals surface area contributed by atoms with E-state index in [0.29, 0.717) is 24.7 Å². The lowest BCUT2D eigenvalue weighted by atomic mass is 9.96. The summed E-state index contributed by atoms with van der Waals surface area (Å²) in [6.45, 7) is 7.98. The van der Waals surface area contributed by atoms with E-state index in [1.807, 2.05) is 29.2 Å². The van der Waals surface area contributed by atoms with Gasteiger partial charge in [-0.25, -0.2) is 0 Å². The Hall–Kier alpha value is -1.84. The van der Waals surface area contributed by atoms with Gasteiger partial charge in [-0.1, -0.05) is 39.0 Å². The van der Waals surface area contributed by atoms with E-state index in [9.17, 15) is 9.59 Å². The lowest BCUT2D eigenvalue weighted by Crippen LogP contribution is -2.46. The van der Waals surface area contributed by atoms with Crippen LogP contribution in [0.4, 0.5) is 5.69 Å². The summed E-state index contributed by atoms with van der Waals surface area (Å²) in [6.07, 6.45) is 3.56. The van der Waals surface area contributed by atoms with Crippen LogP contribution in [0, 0.1) is 11.3 Å². The number of para-hydroxylation sites is 1. The molecule has 1 N–H and O–H groups in total. The van der Waals surface area contributed by atoms with Gasteiger partial charge in [-0.05, 0) is 49.1 Å². The highest BCUT2D eigenvalue weighted by molar-refractivity contribution is 6.13.